The number of carbonyl (C=O) groups excluding carboxylic acids is 1. The van der Waals surface area contributed by atoms with Crippen molar-refractivity contribution in [1.29, 1.82) is 0 Å². The van der Waals surface area contributed by atoms with Crippen molar-refractivity contribution in [2.75, 3.05) is 53.4 Å². The molecule has 25 heavy (non-hydrogen) atoms. The Balaban J connectivity index is 2.38. The number of likely N-dealkylation sites (N-methyl/N-ethyl adjacent to an activating group) is 1. The van der Waals surface area contributed by atoms with Gasteiger partial charge in [-0.05, 0) is 40.5 Å². The first-order valence-corrected chi connectivity index (χ1v) is 9.43. The van der Waals surface area contributed by atoms with Gasteiger partial charge in [-0.15, -0.1) is 0 Å². The van der Waals surface area contributed by atoms with E-state index in [1.807, 2.05) is 14.1 Å². The van der Waals surface area contributed by atoms with Crippen LogP contribution in [-0.2, 0) is 4.79 Å². The molecule has 1 fully saturated rings. The van der Waals surface area contributed by atoms with Crippen LogP contribution in [0.4, 0.5) is 0 Å². The number of piperidine rings is 1. The number of guanidine groups is 1. The summed E-state index contributed by atoms with van der Waals surface area (Å²) in [5, 5.41) is 10.3. The average molecular weight is 355 g/mol. The Morgan fingerprint density at radius 2 is 1.88 bits per heavy atom. The second-order valence-corrected chi connectivity index (χ2v) is 7.92. The highest BCUT2D eigenvalue weighted by Gasteiger charge is 2.22. The molecule has 146 valence electrons. The second-order valence-electron chi connectivity index (χ2n) is 7.92. The van der Waals surface area contributed by atoms with Crippen LogP contribution in [0.3, 0.4) is 0 Å². The predicted octanol–water partition coefficient (Wildman–Crippen LogP) is 0.482. The third-order valence-electron chi connectivity index (χ3n) is 4.17. The molecule has 1 aliphatic rings. The van der Waals surface area contributed by atoms with Gasteiger partial charge in [-0.1, -0.05) is 0 Å². The summed E-state index contributed by atoms with van der Waals surface area (Å²) in [6, 6.07) is 0.416. The van der Waals surface area contributed by atoms with Gasteiger partial charge in [-0.3, -0.25) is 14.7 Å². The molecular weight excluding hydrogens is 316 g/mol. The lowest BCUT2D eigenvalue weighted by Gasteiger charge is -2.33. The van der Waals surface area contributed by atoms with E-state index in [4.69, 9.17) is 0 Å². The van der Waals surface area contributed by atoms with Gasteiger partial charge in [0, 0.05) is 51.9 Å². The van der Waals surface area contributed by atoms with E-state index in [0.29, 0.717) is 12.6 Å². The summed E-state index contributed by atoms with van der Waals surface area (Å²) in [4.78, 5) is 20.4. The first-order valence-electron chi connectivity index (χ1n) is 9.43. The van der Waals surface area contributed by atoms with E-state index in [-0.39, 0.29) is 11.4 Å². The lowest BCUT2D eigenvalue weighted by molar-refractivity contribution is -0.130. The van der Waals surface area contributed by atoms with Crippen molar-refractivity contribution in [2.45, 2.75) is 52.1 Å². The summed E-state index contributed by atoms with van der Waals surface area (Å²) in [5.41, 5.74) is 0.123. The maximum absolute atomic E-state index is 11.8. The van der Waals surface area contributed by atoms with Gasteiger partial charge in [0.15, 0.2) is 5.96 Å². The van der Waals surface area contributed by atoms with Crippen molar-refractivity contribution in [3.8, 4) is 0 Å². The Bertz CT molecular complexity index is 422. The van der Waals surface area contributed by atoms with Gasteiger partial charge < -0.3 is 20.9 Å². The number of hydrogen-bond donors (Lipinski definition) is 3. The summed E-state index contributed by atoms with van der Waals surface area (Å²) < 4.78 is 0. The molecule has 0 aromatic carbocycles. The topological polar surface area (TPSA) is 72.0 Å². The number of likely N-dealkylation sites (tertiary alicyclic amines) is 1. The first-order chi connectivity index (χ1) is 11.7. The van der Waals surface area contributed by atoms with Gasteiger partial charge in [-0.25, -0.2) is 0 Å². The summed E-state index contributed by atoms with van der Waals surface area (Å²) in [6.45, 7) is 13.5. The van der Waals surface area contributed by atoms with Gasteiger partial charge >= 0.3 is 0 Å². The van der Waals surface area contributed by atoms with E-state index in [1.54, 1.807) is 4.90 Å². The molecule has 0 aromatic heterocycles. The van der Waals surface area contributed by atoms with E-state index in [9.17, 15) is 4.79 Å². The van der Waals surface area contributed by atoms with Crippen molar-refractivity contribution in [1.82, 2.24) is 25.8 Å². The van der Waals surface area contributed by atoms with Crippen LogP contribution in [0.5, 0.6) is 0 Å². The Morgan fingerprint density at radius 3 is 2.40 bits per heavy atom. The normalized spacial score (nSPS) is 17.4. The lowest BCUT2D eigenvalue weighted by Crippen LogP contribution is -2.50. The molecular formula is C18H38N6O. The third-order valence-corrected chi connectivity index (χ3v) is 4.17. The highest BCUT2D eigenvalue weighted by Crippen LogP contribution is 2.10. The van der Waals surface area contributed by atoms with Gasteiger partial charge in [0.2, 0.25) is 5.91 Å². The van der Waals surface area contributed by atoms with Crippen LogP contribution in [0.15, 0.2) is 4.99 Å². The Hall–Kier alpha value is -1.34. The van der Waals surface area contributed by atoms with E-state index in [2.05, 4.69) is 53.5 Å². The van der Waals surface area contributed by atoms with Crippen molar-refractivity contribution in [3.05, 3.63) is 0 Å². The summed E-state index contributed by atoms with van der Waals surface area (Å²) in [7, 11) is 3.62. The van der Waals surface area contributed by atoms with Gasteiger partial charge in [-0.2, -0.15) is 0 Å². The minimum atomic E-state index is 0.123. The van der Waals surface area contributed by atoms with Crippen LogP contribution in [0, 0.1) is 0 Å². The highest BCUT2D eigenvalue weighted by molar-refractivity contribution is 5.80. The highest BCUT2D eigenvalue weighted by atomic mass is 16.2. The number of carbonyl (C=O) groups is 1. The predicted molar refractivity (Wildman–Crippen MR) is 105 cm³/mol. The Kier molecular flexibility index (Phi) is 9.21. The standard InChI is InChI=1S/C18H38N6O/c1-7-19-17(20-10-11-21-18(2,3)4)22-15-8-12-24(13-9-15)14-16(25)23(5)6/h15,21H,7-14H2,1-6H3,(H2,19,20,22). The molecule has 1 saturated heterocycles. The maximum atomic E-state index is 11.8. The fourth-order valence-electron chi connectivity index (χ4n) is 2.68. The molecule has 0 radical (unpaired) electrons. The number of nitrogens with one attached hydrogen (secondary N) is 3. The maximum Gasteiger partial charge on any atom is 0.236 e. The van der Waals surface area contributed by atoms with Crippen LogP contribution >= 0.6 is 0 Å². The van der Waals surface area contributed by atoms with Crippen molar-refractivity contribution in [3.63, 3.8) is 0 Å². The second kappa shape index (κ2) is 10.6. The van der Waals surface area contributed by atoms with Crippen LogP contribution < -0.4 is 16.0 Å². The molecule has 0 aromatic rings. The van der Waals surface area contributed by atoms with Gasteiger partial charge in [0.05, 0.1) is 13.1 Å². The van der Waals surface area contributed by atoms with Crippen LogP contribution in [0.1, 0.15) is 40.5 Å². The monoisotopic (exact) mass is 354 g/mol. The Labute approximate surface area is 153 Å². The van der Waals surface area contributed by atoms with Gasteiger partial charge in [0.25, 0.3) is 0 Å². The fraction of sp³-hybridized carbons (Fsp3) is 0.889. The van der Waals surface area contributed by atoms with Crippen LogP contribution in [0.2, 0.25) is 0 Å². The van der Waals surface area contributed by atoms with E-state index in [0.717, 1.165) is 51.5 Å². The van der Waals surface area contributed by atoms with Gasteiger partial charge in [0.1, 0.15) is 0 Å². The molecule has 1 heterocycles. The first kappa shape index (κ1) is 21.7. The smallest absolute Gasteiger partial charge is 0.236 e. The molecule has 7 heteroatoms. The van der Waals surface area contributed by atoms with Crippen LogP contribution in [-0.4, -0.2) is 86.6 Å². The zero-order valence-corrected chi connectivity index (χ0v) is 17.0. The van der Waals surface area contributed by atoms with E-state index >= 15 is 0 Å². The number of rotatable bonds is 7. The molecule has 0 unspecified atom stereocenters. The molecule has 0 saturated carbocycles. The minimum absolute atomic E-state index is 0.123. The minimum Gasteiger partial charge on any atom is -0.357 e. The summed E-state index contributed by atoms with van der Waals surface area (Å²) in [6.07, 6.45) is 2.07. The van der Waals surface area contributed by atoms with Crippen molar-refractivity contribution < 1.29 is 4.79 Å². The number of hydrogen-bond acceptors (Lipinski definition) is 4. The zero-order valence-electron chi connectivity index (χ0n) is 17.0. The molecule has 0 aliphatic carbocycles. The number of aliphatic imine (C=N–C) groups is 1. The third kappa shape index (κ3) is 9.65. The zero-order chi connectivity index (χ0) is 18.9. The summed E-state index contributed by atoms with van der Waals surface area (Å²) in [5.74, 6) is 1.06. The molecule has 0 atom stereocenters. The molecule has 0 bridgehead atoms. The van der Waals surface area contributed by atoms with Crippen molar-refractivity contribution in [2.24, 2.45) is 4.99 Å². The average Bonchev–Trinajstić information content (AvgIpc) is 2.52. The Morgan fingerprint density at radius 1 is 1.24 bits per heavy atom. The van der Waals surface area contributed by atoms with E-state index < -0.39 is 0 Å². The molecule has 0 spiro atoms. The van der Waals surface area contributed by atoms with Crippen molar-refractivity contribution >= 4 is 11.9 Å². The molecule has 7 nitrogen and oxygen atoms in total. The van der Waals surface area contributed by atoms with E-state index in [1.165, 1.54) is 0 Å². The quantitative estimate of drug-likeness (QED) is 0.352. The molecule has 1 aliphatic heterocycles. The molecule has 1 rings (SSSR count). The number of amides is 1. The number of nitrogens with zero attached hydrogens (tertiary/aromatic N) is 3. The van der Waals surface area contributed by atoms with Crippen LogP contribution in [0.25, 0.3) is 0 Å². The lowest BCUT2D eigenvalue weighted by atomic mass is 10.1. The molecule has 1 amide bonds. The largest absolute Gasteiger partial charge is 0.357 e. The summed E-state index contributed by atoms with van der Waals surface area (Å²) >= 11 is 0. The SMILES string of the molecule is CCNC(=NCCNC(C)(C)C)NC1CCN(CC(=O)N(C)C)CC1. The fourth-order valence-corrected chi connectivity index (χ4v) is 2.68. The molecule has 3 N–H and O–H groups in total.